The Bertz CT molecular complexity index is 720. The molecule has 140 valence electrons. The second kappa shape index (κ2) is 7.84. The maximum absolute atomic E-state index is 14.0. The fourth-order valence-corrected chi connectivity index (χ4v) is 2.88. The molecular formula is C18H22FN3O4. The Labute approximate surface area is 150 Å². The van der Waals surface area contributed by atoms with Crippen LogP contribution in [0.5, 0.6) is 0 Å². The van der Waals surface area contributed by atoms with E-state index in [1.807, 2.05) is 0 Å². The number of likely N-dealkylation sites (N-methyl/N-ethyl adjacent to an activating group) is 1. The molecule has 26 heavy (non-hydrogen) atoms. The second-order valence-corrected chi connectivity index (χ2v) is 6.29. The first-order valence-electron chi connectivity index (χ1n) is 8.48. The molecule has 3 atom stereocenters. The average molecular weight is 363 g/mol. The summed E-state index contributed by atoms with van der Waals surface area (Å²) in [5.41, 5.74) is 0.650. The number of carbonyl (C=O) groups is 2. The molecule has 0 saturated carbocycles. The average Bonchev–Trinajstić information content (AvgIpc) is 3.01. The van der Waals surface area contributed by atoms with Gasteiger partial charge in [0, 0.05) is 12.6 Å². The van der Waals surface area contributed by atoms with Gasteiger partial charge in [0.15, 0.2) is 0 Å². The van der Waals surface area contributed by atoms with Crippen LogP contribution in [0.4, 0.5) is 4.39 Å². The topological polar surface area (TPSA) is 88.7 Å². The number of halogens is 1. The predicted molar refractivity (Wildman–Crippen MR) is 91.5 cm³/mol. The first-order chi connectivity index (χ1) is 12.5. The monoisotopic (exact) mass is 363 g/mol. The Kier molecular flexibility index (Phi) is 5.53. The zero-order chi connectivity index (χ0) is 18.7. The molecule has 2 heterocycles. The fourth-order valence-electron chi connectivity index (χ4n) is 2.88. The molecule has 0 bridgehead atoms. The summed E-state index contributed by atoms with van der Waals surface area (Å²) in [7, 11) is 1.51. The lowest BCUT2D eigenvalue weighted by Gasteiger charge is -2.27. The van der Waals surface area contributed by atoms with E-state index >= 15 is 0 Å². The highest BCUT2D eigenvalue weighted by Crippen LogP contribution is 2.25. The zero-order valence-electron chi connectivity index (χ0n) is 14.6. The van der Waals surface area contributed by atoms with Gasteiger partial charge in [-0.2, -0.15) is 0 Å². The van der Waals surface area contributed by atoms with Crippen molar-refractivity contribution in [2.75, 3.05) is 20.3 Å². The van der Waals surface area contributed by atoms with Gasteiger partial charge >= 0.3 is 0 Å². The van der Waals surface area contributed by atoms with E-state index in [1.54, 1.807) is 31.2 Å². The van der Waals surface area contributed by atoms with Crippen LogP contribution in [-0.2, 0) is 19.1 Å². The van der Waals surface area contributed by atoms with Crippen LogP contribution in [0, 0.1) is 5.82 Å². The normalized spacial score (nSPS) is 23.4. The van der Waals surface area contributed by atoms with E-state index in [1.165, 1.54) is 13.1 Å². The largest absolute Gasteiger partial charge is 0.377 e. The van der Waals surface area contributed by atoms with Crippen molar-refractivity contribution in [3.8, 4) is 0 Å². The Balaban J connectivity index is 1.73. The molecule has 7 nitrogen and oxygen atoms in total. The number of ether oxygens (including phenoxy) is 2. The molecule has 2 aliphatic heterocycles. The first-order valence-corrected chi connectivity index (χ1v) is 8.48. The van der Waals surface area contributed by atoms with E-state index in [4.69, 9.17) is 9.47 Å². The van der Waals surface area contributed by atoms with Crippen molar-refractivity contribution in [3.05, 3.63) is 47.4 Å². The standard InChI is InChI=1S/C18H22FN3O4/c1-10(12-5-3-4-6-13(12)19)26-15-7-14(22-16(15)18(24)20-2)17(23)21-11-8-25-9-11/h3-7,10-11,15-16,22H,8-9H2,1-2H3,(H,20,24)(H,21,23)/t10-,15?,16?/m0/s1. The minimum absolute atomic E-state index is 0.0269. The van der Waals surface area contributed by atoms with Gasteiger partial charge in [0.1, 0.15) is 18.0 Å². The maximum Gasteiger partial charge on any atom is 0.267 e. The number of carbonyl (C=O) groups excluding carboxylic acids is 2. The van der Waals surface area contributed by atoms with Crippen LogP contribution in [0.25, 0.3) is 0 Å². The summed E-state index contributed by atoms with van der Waals surface area (Å²) in [5, 5.41) is 8.25. The number of rotatable bonds is 6. The highest BCUT2D eigenvalue weighted by molar-refractivity contribution is 5.96. The lowest BCUT2D eigenvalue weighted by Crippen LogP contribution is -2.51. The van der Waals surface area contributed by atoms with E-state index in [0.29, 0.717) is 18.8 Å². The molecule has 2 amide bonds. The Hall–Kier alpha value is -2.45. The highest BCUT2D eigenvalue weighted by atomic mass is 19.1. The molecule has 1 saturated heterocycles. The lowest BCUT2D eigenvalue weighted by molar-refractivity contribution is -0.126. The molecule has 1 fully saturated rings. The number of hydrogen-bond acceptors (Lipinski definition) is 5. The van der Waals surface area contributed by atoms with Crippen molar-refractivity contribution in [2.45, 2.75) is 31.2 Å². The van der Waals surface area contributed by atoms with Crippen LogP contribution >= 0.6 is 0 Å². The molecule has 0 spiro atoms. The van der Waals surface area contributed by atoms with Crippen LogP contribution in [-0.4, -0.2) is 50.3 Å². The van der Waals surface area contributed by atoms with Gasteiger partial charge < -0.3 is 25.4 Å². The molecular weight excluding hydrogens is 341 g/mol. The zero-order valence-corrected chi connectivity index (χ0v) is 14.6. The smallest absolute Gasteiger partial charge is 0.267 e. The predicted octanol–water partition coefficient (Wildman–Crippen LogP) is 0.389. The summed E-state index contributed by atoms with van der Waals surface area (Å²) in [6.07, 6.45) is 0.267. The molecule has 1 aromatic carbocycles. The lowest BCUT2D eigenvalue weighted by atomic mass is 10.1. The third-order valence-electron chi connectivity index (χ3n) is 4.42. The van der Waals surface area contributed by atoms with E-state index in [2.05, 4.69) is 16.0 Å². The van der Waals surface area contributed by atoms with Crippen LogP contribution < -0.4 is 16.0 Å². The summed E-state index contributed by atoms with van der Waals surface area (Å²) in [6.45, 7) is 2.65. The Morgan fingerprint density at radius 3 is 2.69 bits per heavy atom. The van der Waals surface area contributed by atoms with Gasteiger partial charge in [0.2, 0.25) is 5.91 Å². The van der Waals surface area contributed by atoms with Crippen molar-refractivity contribution in [1.29, 1.82) is 0 Å². The second-order valence-electron chi connectivity index (χ2n) is 6.29. The quantitative estimate of drug-likeness (QED) is 0.680. The summed E-state index contributed by atoms with van der Waals surface area (Å²) >= 11 is 0. The molecule has 3 rings (SSSR count). The minimum atomic E-state index is -0.771. The first kappa shape index (κ1) is 18.3. The number of hydrogen-bond donors (Lipinski definition) is 3. The van der Waals surface area contributed by atoms with Crippen molar-refractivity contribution in [2.24, 2.45) is 0 Å². The molecule has 1 aromatic rings. The van der Waals surface area contributed by atoms with Crippen LogP contribution in [0.2, 0.25) is 0 Å². The third kappa shape index (κ3) is 3.86. The third-order valence-corrected chi connectivity index (χ3v) is 4.42. The molecule has 2 aliphatic rings. The Morgan fingerprint density at radius 2 is 2.08 bits per heavy atom. The summed E-state index contributed by atoms with van der Waals surface area (Å²) in [5.74, 6) is -1.02. The summed E-state index contributed by atoms with van der Waals surface area (Å²) in [6, 6.07) is 5.51. The summed E-state index contributed by atoms with van der Waals surface area (Å²) in [4.78, 5) is 24.5. The van der Waals surface area contributed by atoms with E-state index in [9.17, 15) is 14.0 Å². The molecule has 0 radical (unpaired) electrons. The molecule has 3 N–H and O–H groups in total. The molecule has 0 aliphatic carbocycles. The highest BCUT2D eigenvalue weighted by Gasteiger charge is 2.37. The van der Waals surface area contributed by atoms with E-state index in [0.717, 1.165) is 0 Å². The van der Waals surface area contributed by atoms with Gasteiger partial charge in [0.25, 0.3) is 5.91 Å². The SMILES string of the molecule is CNC(=O)C1NC(C(=O)NC2COC2)=CC1O[C@@H](C)c1ccccc1F. The molecule has 2 unspecified atom stereocenters. The van der Waals surface area contributed by atoms with Crippen molar-refractivity contribution >= 4 is 11.8 Å². The van der Waals surface area contributed by atoms with Crippen LogP contribution in [0.1, 0.15) is 18.6 Å². The fraction of sp³-hybridized carbons (Fsp3) is 0.444. The van der Waals surface area contributed by atoms with Gasteiger partial charge in [0.05, 0.1) is 31.1 Å². The van der Waals surface area contributed by atoms with E-state index < -0.39 is 18.2 Å². The van der Waals surface area contributed by atoms with Gasteiger partial charge in [-0.25, -0.2) is 4.39 Å². The molecule has 0 aromatic heterocycles. The van der Waals surface area contributed by atoms with Crippen molar-refractivity contribution < 1.29 is 23.5 Å². The number of benzene rings is 1. The minimum Gasteiger partial charge on any atom is -0.377 e. The van der Waals surface area contributed by atoms with Crippen molar-refractivity contribution in [3.63, 3.8) is 0 Å². The van der Waals surface area contributed by atoms with Gasteiger partial charge in [-0.1, -0.05) is 18.2 Å². The van der Waals surface area contributed by atoms with Gasteiger partial charge in [-0.15, -0.1) is 0 Å². The number of nitrogens with one attached hydrogen (secondary N) is 3. The van der Waals surface area contributed by atoms with Crippen LogP contribution in [0.3, 0.4) is 0 Å². The molecule has 8 heteroatoms. The van der Waals surface area contributed by atoms with Crippen LogP contribution in [0.15, 0.2) is 36.0 Å². The summed E-state index contributed by atoms with van der Waals surface area (Å²) < 4.78 is 24.9. The van der Waals surface area contributed by atoms with E-state index in [-0.39, 0.29) is 29.4 Å². The maximum atomic E-state index is 14.0. The van der Waals surface area contributed by atoms with Gasteiger partial charge in [-0.3, -0.25) is 9.59 Å². The van der Waals surface area contributed by atoms with Crippen molar-refractivity contribution in [1.82, 2.24) is 16.0 Å². The Morgan fingerprint density at radius 1 is 1.35 bits per heavy atom. The number of amides is 2. The van der Waals surface area contributed by atoms with Gasteiger partial charge in [-0.05, 0) is 19.1 Å².